The molecule has 0 amide bonds. The van der Waals surface area contributed by atoms with E-state index in [-0.39, 0.29) is 55.8 Å². The highest BCUT2D eigenvalue weighted by Gasteiger charge is 2.52. The summed E-state index contributed by atoms with van der Waals surface area (Å²) in [7, 11) is -7.72. The Morgan fingerprint density at radius 3 is 0.672 bits per heavy atom. The molecule has 3 aliphatic rings. The van der Waals surface area contributed by atoms with E-state index in [0.717, 1.165) is 107 Å². The van der Waals surface area contributed by atoms with Crippen LogP contribution in [0.5, 0.6) is 0 Å². The first-order chi connectivity index (χ1) is 56.8. The molecule has 14 heteroatoms. The molecule has 0 radical (unpaired) electrons. The second-order valence-electron chi connectivity index (χ2n) is 30.4. The van der Waals surface area contributed by atoms with Crippen molar-refractivity contribution in [1.29, 1.82) is 0 Å². The first-order valence-electron chi connectivity index (χ1n) is 40.6. The maximum absolute atomic E-state index is 14.2. The van der Waals surface area contributed by atoms with Gasteiger partial charge in [0.1, 0.15) is 6.29 Å². The Morgan fingerprint density at radius 1 is 0.284 bits per heavy atom. The van der Waals surface area contributed by atoms with Gasteiger partial charge in [0.25, 0.3) is 0 Å². The Hall–Kier alpha value is -10.9. The van der Waals surface area contributed by atoms with Crippen molar-refractivity contribution in [3.8, 4) is 0 Å². The van der Waals surface area contributed by atoms with Crippen LogP contribution in [0.1, 0.15) is 111 Å². The van der Waals surface area contributed by atoms with Crippen molar-refractivity contribution in [3.05, 3.63) is 467 Å². The van der Waals surface area contributed by atoms with Crippen LogP contribution in [0.4, 0.5) is 0 Å². The maximum atomic E-state index is 14.2. The molecule has 0 aromatic heterocycles. The molecule has 16 rings (SSSR count). The van der Waals surface area contributed by atoms with Crippen LogP contribution in [0.3, 0.4) is 0 Å². The van der Waals surface area contributed by atoms with Gasteiger partial charge in [-0.25, -0.2) is 16.8 Å². The van der Waals surface area contributed by atoms with Crippen LogP contribution >= 0.6 is 0 Å². The molecule has 0 saturated carbocycles. The fraction of sp³-hybridized carbons (Fsp3) is 0.225. The Morgan fingerprint density at radius 2 is 0.466 bits per heavy atom. The number of carbonyl (C=O) groups excluding carboxylic acids is 1. The molecule has 5 atom stereocenters. The first kappa shape index (κ1) is 81.7. The number of aldehydes is 1. The highest BCUT2D eigenvalue weighted by atomic mass is 32.2. The molecule has 0 aliphatic carbocycles. The number of sulfonamides is 2. The second-order valence-corrected chi connectivity index (χ2v) is 34.5. The van der Waals surface area contributed by atoms with Crippen molar-refractivity contribution < 1.29 is 31.8 Å². The molecule has 590 valence electrons. The normalized spacial score (nSPS) is 16.8. The van der Waals surface area contributed by atoms with E-state index >= 15 is 0 Å². The molecule has 116 heavy (non-hydrogen) atoms. The van der Waals surface area contributed by atoms with Gasteiger partial charge in [0.15, 0.2) is 0 Å². The van der Waals surface area contributed by atoms with Crippen molar-refractivity contribution in [3.63, 3.8) is 0 Å². The molecule has 0 bridgehead atoms. The molecule has 0 unspecified atom stereocenters. The molecule has 3 saturated heterocycles. The lowest BCUT2D eigenvalue weighted by atomic mass is 9.75. The number of aliphatic hydroxyl groups excluding tert-OH is 2. The summed E-state index contributed by atoms with van der Waals surface area (Å²) >= 11 is 0. The summed E-state index contributed by atoms with van der Waals surface area (Å²) in [5, 5.41) is 24.0. The quantitative estimate of drug-likeness (QED) is 0.0344. The van der Waals surface area contributed by atoms with Crippen LogP contribution in [-0.2, 0) is 67.6 Å². The zero-order chi connectivity index (χ0) is 80.1. The van der Waals surface area contributed by atoms with E-state index in [1.165, 1.54) is 25.3 Å². The van der Waals surface area contributed by atoms with Crippen LogP contribution < -0.4 is 0 Å². The van der Waals surface area contributed by atoms with Gasteiger partial charge in [-0.2, -0.15) is 8.61 Å². The second kappa shape index (κ2) is 38.7. The summed E-state index contributed by atoms with van der Waals surface area (Å²) < 4.78 is 59.9. The number of rotatable bonds is 29. The van der Waals surface area contributed by atoms with Crippen molar-refractivity contribution in [2.75, 3.05) is 31.1 Å². The van der Waals surface area contributed by atoms with Crippen molar-refractivity contribution in [1.82, 2.24) is 23.3 Å². The van der Waals surface area contributed by atoms with Crippen LogP contribution in [0.25, 0.3) is 0 Å². The minimum atomic E-state index is -3.86. The fourth-order valence-electron chi connectivity index (χ4n) is 18.2. The van der Waals surface area contributed by atoms with E-state index in [1.807, 2.05) is 249 Å². The standard InChI is InChI=1S/2C39H40N2O3S.C24H23NO/c2*42-38(31-45(43,44)40(29-32-17-6-1-7-18-32)30-33-19-8-2-9-20-33)37-27-16-28-41(37)39(34-21-10-3-11-22-34,35-23-12-4-13-24-35)36-25-14-5-15-26-36;26-19-23-17-10-18-25(23)24(20-11-4-1-5-12-20,21-13-6-2-7-14-21)22-15-8-3-9-16-22/h2*1-15,17-26,37-38,42H,16,27-31H2;1-9,11-16,19,23H,10,17-18H2/t37-,38+;37-,38-;23-/m000/s1. The van der Waals surface area contributed by atoms with E-state index < -0.39 is 48.9 Å². The highest BCUT2D eigenvalue weighted by molar-refractivity contribution is 7.89. The first-order valence-corrected chi connectivity index (χ1v) is 43.8. The summed E-state index contributed by atoms with van der Waals surface area (Å²) in [6.07, 6.45) is 3.99. The van der Waals surface area contributed by atoms with Gasteiger partial charge in [0.05, 0.1) is 46.4 Å². The summed E-state index contributed by atoms with van der Waals surface area (Å²) in [5.41, 5.74) is 11.8. The summed E-state index contributed by atoms with van der Waals surface area (Å²) in [6.45, 7) is 3.29. The zero-order valence-electron chi connectivity index (χ0n) is 65.6. The third kappa shape index (κ3) is 18.2. The maximum Gasteiger partial charge on any atom is 0.217 e. The van der Waals surface area contributed by atoms with Gasteiger partial charge in [-0.15, -0.1) is 0 Å². The number of likely N-dealkylation sites (tertiary alicyclic amines) is 3. The lowest BCUT2D eigenvalue weighted by Gasteiger charge is -2.47. The van der Waals surface area contributed by atoms with Gasteiger partial charge in [0.2, 0.25) is 20.0 Å². The Balaban J connectivity index is 0.000000149. The topological polar surface area (TPSA) is 142 Å². The Bertz CT molecular complexity index is 4720. The van der Waals surface area contributed by atoms with Gasteiger partial charge < -0.3 is 15.0 Å². The highest BCUT2D eigenvalue weighted by Crippen LogP contribution is 2.50. The van der Waals surface area contributed by atoms with Crippen LogP contribution in [0.15, 0.2) is 394 Å². The molecular formula is C102H103N5O7S2. The monoisotopic (exact) mass is 1570 g/mol. The molecule has 12 nitrogen and oxygen atoms in total. The summed E-state index contributed by atoms with van der Waals surface area (Å²) in [6, 6.07) is 132. The predicted octanol–water partition coefficient (Wildman–Crippen LogP) is 18.3. The summed E-state index contributed by atoms with van der Waals surface area (Å²) in [5.74, 6) is -0.718. The van der Waals surface area contributed by atoms with Gasteiger partial charge >= 0.3 is 0 Å². The number of hydrogen-bond acceptors (Lipinski definition) is 10. The largest absolute Gasteiger partial charge is 0.390 e. The molecule has 2 N–H and O–H groups in total. The molecule has 13 aromatic rings. The number of aliphatic hydroxyl groups is 2. The lowest BCUT2D eigenvalue weighted by Crippen LogP contribution is -2.55. The fourth-order valence-corrected chi connectivity index (χ4v) is 21.3. The summed E-state index contributed by atoms with van der Waals surface area (Å²) in [4.78, 5) is 19.0. The molecule has 3 fully saturated rings. The molecule has 0 spiro atoms. The third-order valence-corrected chi connectivity index (χ3v) is 26.9. The number of nitrogens with zero attached hydrogens (tertiary/aromatic N) is 5. The van der Waals surface area contributed by atoms with Gasteiger partial charge in [-0.3, -0.25) is 14.7 Å². The van der Waals surface area contributed by atoms with Gasteiger partial charge in [-0.05, 0) is 111 Å². The van der Waals surface area contributed by atoms with E-state index in [1.54, 1.807) is 0 Å². The minimum absolute atomic E-state index is 0.0735. The van der Waals surface area contributed by atoms with E-state index in [4.69, 9.17) is 0 Å². The average molecular weight is 1580 g/mol. The predicted molar refractivity (Wildman–Crippen MR) is 467 cm³/mol. The Kier molecular flexibility index (Phi) is 27.3. The van der Waals surface area contributed by atoms with Crippen LogP contribution in [0.2, 0.25) is 0 Å². The van der Waals surface area contributed by atoms with Gasteiger partial charge in [-0.1, -0.05) is 394 Å². The third-order valence-electron chi connectivity index (χ3n) is 23.3. The minimum Gasteiger partial charge on any atom is -0.390 e. The number of carbonyl (C=O) groups is 1. The van der Waals surface area contributed by atoms with E-state index in [2.05, 4.69) is 160 Å². The van der Waals surface area contributed by atoms with Gasteiger partial charge in [0, 0.05) is 57.9 Å². The smallest absolute Gasteiger partial charge is 0.217 e. The average Bonchev–Trinajstić information content (AvgIpc) is 1.22. The molecule has 3 aliphatic heterocycles. The van der Waals surface area contributed by atoms with Crippen LogP contribution in [0, 0.1) is 0 Å². The number of benzene rings is 13. The number of hydrogen-bond donors (Lipinski definition) is 2. The van der Waals surface area contributed by atoms with Crippen molar-refractivity contribution in [2.24, 2.45) is 0 Å². The molecular weight excluding hydrogens is 1470 g/mol. The van der Waals surface area contributed by atoms with Crippen molar-refractivity contribution in [2.45, 2.75) is 112 Å². The van der Waals surface area contributed by atoms with E-state index in [0.29, 0.717) is 12.8 Å². The van der Waals surface area contributed by atoms with E-state index in [9.17, 15) is 31.8 Å². The van der Waals surface area contributed by atoms with Crippen LogP contribution in [-0.4, -0.2) is 118 Å². The zero-order valence-corrected chi connectivity index (χ0v) is 67.2. The SMILES string of the molecule is O=C[C@@H]1CCCN1C(c1ccccc1)(c1ccccc1)c1ccccc1.O=S(=O)(C[C@@H](O)[C@@H]1CCCN1C(c1ccccc1)(c1ccccc1)c1ccccc1)N(Cc1ccccc1)Cc1ccccc1.O=S(=O)(C[C@H](O)[C@@H]1CCCN1C(c1ccccc1)(c1ccccc1)c1ccccc1)N(Cc1ccccc1)Cc1ccccc1. The molecule has 13 aromatic carbocycles. The lowest BCUT2D eigenvalue weighted by molar-refractivity contribution is -0.112. The van der Waals surface area contributed by atoms with Crippen molar-refractivity contribution >= 4 is 26.3 Å². The Labute approximate surface area is 686 Å². The molecule has 3 heterocycles.